The topological polar surface area (TPSA) is 133 Å². The molecule has 2 aliphatic heterocycles. The summed E-state index contributed by atoms with van der Waals surface area (Å²) in [5, 5.41) is 4.71. The lowest BCUT2D eigenvalue weighted by Crippen LogP contribution is -2.26. The van der Waals surface area contributed by atoms with E-state index in [1.807, 2.05) is 31.5 Å². The Morgan fingerprint density at radius 3 is 2.83 bits per heavy atom. The smallest absolute Gasteiger partial charge is 0.234 e. The second-order valence-electron chi connectivity index (χ2n) is 9.90. The van der Waals surface area contributed by atoms with E-state index in [-0.39, 0.29) is 23.0 Å². The van der Waals surface area contributed by atoms with Crippen LogP contribution in [0.5, 0.6) is 0 Å². The van der Waals surface area contributed by atoms with Gasteiger partial charge in [0.1, 0.15) is 17.3 Å². The first kappa shape index (κ1) is 28.8. The number of H-pyrrole nitrogens is 1. The van der Waals surface area contributed by atoms with E-state index < -0.39 is 0 Å². The quantitative estimate of drug-likeness (QED) is 0.0890. The number of hydrogen-bond donors (Lipinski definition) is 4. The molecule has 1 aromatic heterocycles. The summed E-state index contributed by atoms with van der Waals surface area (Å²) in [6, 6.07) is 11.2. The minimum Gasteiger partial charge on any atom is -0.388 e. The average Bonchev–Trinajstić information content (AvgIpc) is 3.52. The lowest BCUT2D eigenvalue weighted by molar-refractivity contribution is -0.114. The van der Waals surface area contributed by atoms with Gasteiger partial charge < -0.3 is 20.9 Å². The molecule has 6 N–H and O–H groups in total. The van der Waals surface area contributed by atoms with Gasteiger partial charge in [0.05, 0.1) is 41.3 Å². The van der Waals surface area contributed by atoms with E-state index >= 15 is 0 Å². The van der Waals surface area contributed by atoms with Crippen LogP contribution in [0.2, 0.25) is 5.02 Å². The van der Waals surface area contributed by atoms with E-state index in [0.29, 0.717) is 27.6 Å². The standard InChI is InChI=1S/C29H29Cl2N7O2S/c1-16-9-25(29-34-13-22(36-29)18-3-5-21-26(11-18)41-15-28(40)35-21)37(2)24(16)10-17(7-8-39)20-12-19(30)4-6-23(20)38(33)14-27(31)32/h3-8,10-14,16,25H,9,15,32-33H2,1-2H3,(H,34,36)(H,35,40)/b17-7+,24-10-,27-14-/t16-,25?/m1/s1. The highest BCUT2D eigenvalue weighted by Gasteiger charge is 2.34. The Hall–Kier alpha value is -3.70. The third-order valence-electron chi connectivity index (χ3n) is 7.15. The Morgan fingerprint density at radius 2 is 2.07 bits per heavy atom. The third kappa shape index (κ3) is 6.15. The van der Waals surface area contributed by atoms with Crippen molar-refractivity contribution in [3.05, 3.63) is 88.2 Å². The zero-order valence-corrected chi connectivity index (χ0v) is 24.7. The maximum Gasteiger partial charge on any atom is 0.234 e. The SMILES string of the molecule is C[C@@H]1CC(c2ncc(-c3ccc4c(c3)SCC(=O)N4)[nH]2)N(C)/C1=C\C(=C/C=O)c1cc(Cl)ccc1N(N)/C=C(\N)Cl. The molecule has 0 aliphatic carbocycles. The summed E-state index contributed by atoms with van der Waals surface area (Å²) in [5.41, 5.74) is 11.3. The summed E-state index contributed by atoms with van der Waals surface area (Å²) >= 11 is 13.7. The zero-order valence-electron chi connectivity index (χ0n) is 22.4. The predicted molar refractivity (Wildman–Crippen MR) is 166 cm³/mol. The van der Waals surface area contributed by atoms with Crippen LogP contribution in [0, 0.1) is 5.92 Å². The van der Waals surface area contributed by atoms with Gasteiger partial charge >= 0.3 is 0 Å². The number of hydrazine groups is 1. The fourth-order valence-corrected chi connectivity index (χ4v) is 6.31. The molecule has 1 amide bonds. The van der Waals surface area contributed by atoms with Crippen molar-refractivity contribution in [2.75, 3.05) is 23.1 Å². The number of likely N-dealkylation sites (tertiary alicyclic amines) is 1. The van der Waals surface area contributed by atoms with Gasteiger partial charge in [-0.15, -0.1) is 11.8 Å². The van der Waals surface area contributed by atoms with Crippen molar-refractivity contribution in [1.82, 2.24) is 14.9 Å². The van der Waals surface area contributed by atoms with Gasteiger partial charge in [0.2, 0.25) is 5.91 Å². The minimum absolute atomic E-state index is 0.00223. The molecule has 0 spiro atoms. The Morgan fingerprint density at radius 1 is 1.27 bits per heavy atom. The van der Waals surface area contributed by atoms with Crippen molar-refractivity contribution < 1.29 is 9.59 Å². The number of amides is 1. The fraction of sp³-hybridized carbons (Fsp3) is 0.207. The molecular formula is C29H29Cl2N7O2S. The first-order valence-electron chi connectivity index (χ1n) is 12.8. The monoisotopic (exact) mass is 609 g/mol. The molecule has 0 bridgehead atoms. The van der Waals surface area contributed by atoms with Crippen LogP contribution in [0.15, 0.2) is 76.7 Å². The molecule has 1 fully saturated rings. The Kier molecular flexibility index (Phi) is 8.46. The summed E-state index contributed by atoms with van der Waals surface area (Å²) in [4.78, 5) is 34.8. The Bertz CT molecular complexity index is 1600. The number of nitrogens with one attached hydrogen (secondary N) is 2. The summed E-state index contributed by atoms with van der Waals surface area (Å²) in [5.74, 6) is 7.64. The van der Waals surface area contributed by atoms with Crippen LogP contribution in [-0.2, 0) is 9.59 Å². The molecule has 2 aromatic carbocycles. The molecule has 41 heavy (non-hydrogen) atoms. The zero-order chi connectivity index (χ0) is 29.3. The normalized spacial score (nSPS) is 20.3. The molecule has 1 saturated heterocycles. The number of halogens is 2. The first-order valence-corrected chi connectivity index (χ1v) is 14.6. The van der Waals surface area contributed by atoms with Gasteiger partial charge in [0.25, 0.3) is 0 Å². The third-order valence-corrected chi connectivity index (χ3v) is 8.54. The number of hydrogen-bond acceptors (Lipinski definition) is 8. The summed E-state index contributed by atoms with van der Waals surface area (Å²) in [7, 11) is 2.02. The largest absolute Gasteiger partial charge is 0.388 e. The second-order valence-corrected chi connectivity index (χ2v) is 11.8. The number of nitrogens with two attached hydrogens (primary N) is 2. The number of anilines is 2. The number of nitrogens with zero attached hydrogens (tertiary/aromatic N) is 3. The lowest BCUT2D eigenvalue weighted by Gasteiger charge is -2.23. The highest BCUT2D eigenvalue weighted by Crippen LogP contribution is 2.43. The van der Waals surface area contributed by atoms with Gasteiger partial charge in [-0.1, -0.05) is 36.2 Å². The first-order chi connectivity index (χ1) is 19.6. The van der Waals surface area contributed by atoms with Crippen LogP contribution in [0.1, 0.15) is 30.8 Å². The summed E-state index contributed by atoms with van der Waals surface area (Å²) < 4.78 is 0. The molecule has 9 nitrogen and oxygen atoms in total. The van der Waals surface area contributed by atoms with Gasteiger partial charge in [0.15, 0.2) is 0 Å². The fourth-order valence-electron chi connectivity index (χ4n) is 5.19. The van der Waals surface area contributed by atoms with Crippen molar-refractivity contribution in [2.24, 2.45) is 17.5 Å². The summed E-state index contributed by atoms with van der Waals surface area (Å²) in [6.07, 6.45) is 8.25. The molecule has 2 aliphatic rings. The molecular weight excluding hydrogens is 581 g/mol. The number of aromatic amines is 1. The van der Waals surface area contributed by atoms with E-state index in [0.717, 1.165) is 46.1 Å². The highest BCUT2D eigenvalue weighted by atomic mass is 35.5. The second kappa shape index (κ2) is 12.0. The van der Waals surface area contributed by atoms with E-state index in [4.69, 9.17) is 39.8 Å². The maximum absolute atomic E-state index is 11.7. The van der Waals surface area contributed by atoms with Crippen molar-refractivity contribution in [1.29, 1.82) is 0 Å². The molecule has 12 heteroatoms. The van der Waals surface area contributed by atoms with Gasteiger partial charge in [-0.05, 0) is 60.4 Å². The van der Waals surface area contributed by atoms with Crippen LogP contribution in [-0.4, -0.2) is 39.9 Å². The van der Waals surface area contributed by atoms with E-state index in [1.54, 1.807) is 18.2 Å². The van der Waals surface area contributed by atoms with Crippen LogP contribution >= 0.6 is 35.0 Å². The number of imidazole rings is 1. The van der Waals surface area contributed by atoms with Crippen LogP contribution in [0.3, 0.4) is 0 Å². The number of carbonyl (C=O) groups excluding carboxylic acids is 2. The number of allylic oxidation sites excluding steroid dienone is 4. The average molecular weight is 611 g/mol. The van der Waals surface area contributed by atoms with Gasteiger partial charge in [-0.3, -0.25) is 14.6 Å². The van der Waals surface area contributed by atoms with Crippen LogP contribution < -0.4 is 21.9 Å². The van der Waals surface area contributed by atoms with Crippen molar-refractivity contribution in [3.8, 4) is 11.3 Å². The van der Waals surface area contributed by atoms with E-state index in [9.17, 15) is 9.59 Å². The van der Waals surface area contributed by atoms with Gasteiger partial charge in [0, 0.05) is 33.8 Å². The molecule has 212 valence electrons. The van der Waals surface area contributed by atoms with Crippen molar-refractivity contribution in [2.45, 2.75) is 24.3 Å². The molecule has 2 atom stereocenters. The number of carbonyl (C=O) groups is 2. The van der Waals surface area contributed by atoms with Crippen LogP contribution in [0.25, 0.3) is 16.8 Å². The van der Waals surface area contributed by atoms with Gasteiger partial charge in [-0.2, -0.15) is 0 Å². The maximum atomic E-state index is 11.7. The highest BCUT2D eigenvalue weighted by molar-refractivity contribution is 8.00. The van der Waals surface area contributed by atoms with Crippen LogP contribution in [0.4, 0.5) is 11.4 Å². The molecule has 3 heterocycles. The molecule has 0 saturated carbocycles. The van der Waals surface area contributed by atoms with Crippen molar-refractivity contribution in [3.63, 3.8) is 0 Å². The molecule has 1 unspecified atom stereocenters. The Balaban J connectivity index is 1.44. The number of aromatic nitrogens is 2. The number of fused-ring (bicyclic) bond motifs is 1. The predicted octanol–water partition coefficient (Wildman–Crippen LogP) is 5.63. The number of aldehydes is 1. The van der Waals surface area contributed by atoms with Crippen molar-refractivity contribution >= 4 is 64.1 Å². The minimum atomic E-state index is -0.00223. The van der Waals surface area contributed by atoms with E-state index in [2.05, 4.69) is 28.2 Å². The number of benzene rings is 2. The van der Waals surface area contributed by atoms with Gasteiger partial charge in [-0.25, -0.2) is 10.8 Å². The Labute approximate surface area is 252 Å². The van der Waals surface area contributed by atoms with E-state index in [1.165, 1.54) is 29.0 Å². The molecule has 3 aromatic rings. The number of rotatable bonds is 7. The summed E-state index contributed by atoms with van der Waals surface area (Å²) in [6.45, 7) is 2.14. The lowest BCUT2D eigenvalue weighted by atomic mass is 9.98. The molecule has 5 rings (SSSR count). The molecule has 0 radical (unpaired) electrons. The number of thioether (sulfide) groups is 1.